The van der Waals surface area contributed by atoms with E-state index in [1.807, 2.05) is 0 Å². The number of nitrogens with two attached hydrogens (primary N) is 1. The van der Waals surface area contributed by atoms with E-state index in [1.165, 1.54) is 0 Å². The maximum absolute atomic E-state index is 12.3. The first-order valence-electron chi connectivity index (χ1n) is 5.88. The van der Waals surface area contributed by atoms with Gasteiger partial charge in [-0.15, -0.1) is 0 Å². The summed E-state index contributed by atoms with van der Waals surface area (Å²) in [5.74, 6) is -1.79. The van der Waals surface area contributed by atoms with Gasteiger partial charge in [-0.25, -0.2) is 0 Å². The van der Waals surface area contributed by atoms with Gasteiger partial charge in [-0.2, -0.15) is 13.2 Å². The topological polar surface area (TPSA) is 59.2 Å². The van der Waals surface area contributed by atoms with Gasteiger partial charge in [0.25, 0.3) is 0 Å². The van der Waals surface area contributed by atoms with E-state index >= 15 is 0 Å². The molecule has 0 atom stereocenters. The zero-order valence-electron chi connectivity index (χ0n) is 10.2. The molecule has 1 aromatic rings. The van der Waals surface area contributed by atoms with Crippen LogP contribution in [0.25, 0.3) is 0 Å². The number of alkyl halides is 3. The lowest BCUT2D eigenvalue weighted by Gasteiger charge is -2.39. The van der Waals surface area contributed by atoms with Crippen molar-refractivity contribution in [3.8, 4) is 0 Å². The minimum Gasteiger partial charge on any atom is -0.335 e. The number of carbonyl (C=O) groups is 1. The average molecular weight is 273 g/mol. The Kier molecular flexibility index (Phi) is 3.49. The lowest BCUT2D eigenvalue weighted by molar-refractivity contribution is -0.186. The second-order valence-electron chi connectivity index (χ2n) is 4.69. The van der Waals surface area contributed by atoms with Crippen LogP contribution in [0.3, 0.4) is 0 Å². The Bertz CT molecular complexity index is 453. The number of halogens is 3. The number of carbonyl (C=O) groups excluding carboxylic acids is 1. The lowest BCUT2D eigenvalue weighted by Crippen LogP contribution is -2.52. The van der Waals surface area contributed by atoms with E-state index in [1.54, 1.807) is 24.5 Å². The molecule has 4 nitrogen and oxygen atoms in total. The number of hydrogen-bond donors (Lipinski definition) is 1. The molecule has 0 aliphatic carbocycles. The molecule has 1 amide bonds. The summed E-state index contributed by atoms with van der Waals surface area (Å²) in [5.41, 5.74) is 6.27. The lowest BCUT2D eigenvalue weighted by atomic mass is 9.83. The summed E-state index contributed by atoms with van der Waals surface area (Å²) in [6.45, 7) is 0.00742. The number of rotatable bonds is 1. The summed E-state index contributed by atoms with van der Waals surface area (Å²) in [6, 6.07) is 3.53. The third-order valence-corrected chi connectivity index (χ3v) is 3.42. The number of piperidine rings is 1. The molecular formula is C12H14F3N3O. The van der Waals surface area contributed by atoms with Gasteiger partial charge >= 0.3 is 12.1 Å². The van der Waals surface area contributed by atoms with E-state index in [9.17, 15) is 18.0 Å². The molecule has 0 spiro atoms. The van der Waals surface area contributed by atoms with Crippen molar-refractivity contribution in [1.29, 1.82) is 0 Å². The number of nitrogens with zero attached hydrogens (tertiary/aromatic N) is 2. The van der Waals surface area contributed by atoms with Gasteiger partial charge in [0.05, 0.1) is 0 Å². The van der Waals surface area contributed by atoms with Crippen LogP contribution >= 0.6 is 0 Å². The molecule has 1 aromatic heterocycles. The van der Waals surface area contributed by atoms with Crippen LogP contribution in [0, 0.1) is 0 Å². The Labute approximate surface area is 108 Å². The van der Waals surface area contributed by atoms with Crippen LogP contribution in [0.4, 0.5) is 13.2 Å². The molecule has 7 heteroatoms. The molecule has 0 unspecified atom stereocenters. The number of aromatic nitrogens is 1. The zero-order valence-corrected chi connectivity index (χ0v) is 10.2. The van der Waals surface area contributed by atoms with Crippen LogP contribution < -0.4 is 5.73 Å². The molecule has 2 heterocycles. The van der Waals surface area contributed by atoms with E-state index in [-0.39, 0.29) is 13.1 Å². The van der Waals surface area contributed by atoms with Crippen molar-refractivity contribution in [1.82, 2.24) is 9.88 Å². The number of hydrogen-bond acceptors (Lipinski definition) is 3. The third kappa shape index (κ3) is 2.86. The minimum absolute atomic E-state index is 0.00371. The molecule has 0 radical (unpaired) electrons. The second kappa shape index (κ2) is 4.80. The van der Waals surface area contributed by atoms with Crippen molar-refractivity contribution in [2.24, 2.45) is 5.73 Å². The molecular weight excluding hydrogens is 259 g/mol. The average Bonchev–Trinajstić information content (AvgIpc) is 2.39. The van der Waals surface area contributed by atoms with E-state index < -0.39 is 17.6 Å². The van der Waals surface area contributed by atoms with Crippen LogP contribution in [0.2, 0.25) is 0 Å². The summed E-state index contributed by atoms with van der Waals surface area (Å²) in [5, 5.41) is 0. The highest BCUT2D eigenvalue weighted by atomic mass is 19.4. The molecule has 1 saturated heterocycles. The maximum Gasteiger partial charge on any atom is 0.471 e. The molecule has 1 aliphatic rings. The largest absolute Gasteiger partial charge is 0.471 e. The summed E-state index contributed by atoms with van der Waals surface area (Å²) in [6.07, 6.45) is -1.01. The summed E-state index contributed by atoms with van der Waals surface area (Å²) >= 11 is 0. The minimum atomic E-state index is -4.82. The second-order valence-corrected chi connectivity index (χ2v) is 4.69. The normalized spacial score (nSPS) is 19.3. The van der Waals surface area contributed by atoms with Crippen molar-refractivity contribution in [2.45, 2.75) is 24.6 Å². The van der Waals surface area contributed by atoms with Crippen LogP contribution in [-0.4, -0.2) is 35.1 Å². The van der Waals surface area contributed by atoms with Crippen molar-refractivity contribution < 1.29 is 18.0 Å². The monoisotopic (exact) mass is 273 g/mol. The first-order valence-corrected chi connectivity index (χ1v) is 5.88. The standard InChI is InChI=1S/C12H14F3N3O/c13-12(14,15)10(19)18-6-3-11(16,4-7-18)9-2-1-5-17-8-9/h1-2,5,8H,3-4,6-7,16H2. The Morgan fingerprint density at radius 2 is 2.00 bits per heavy atom. The van der Waals surface area contributed by atoms with Gasteiger partial charge in [-0.1, -0.05) is 6.07 Å². The van der Waals surface area contributed by atoms with Crippen LogP contribution in [0.15, 0.2) is 24.5 Å². The Hall–Kier alpha value is -1.63. The van der Waals surface area contributed by atoms with Gasteiger partial charge < -0.3 is 10.6 Å². The molecule has 0 saturated carbocycles. The summed E-state index contributed by atoms with van der Waals surface area (Å²) < 4.78 is 37.0. The van der Waals surface area contributed by atoms with E-state index in [4.69, 9.17) is 5.73 Å². The van der Waals surface area contributed by atoms with Crippen LogP contribution in [0.1, 0.15) is 18.4 Å². The van der Waals surface area contributed by atoms with Gasteiger partial charge in [-0.3, -0.25) is 9.78 Å². The highest BCUT2D eigenvalue weighted by molar-refractivity contribution is 5.82. The number of likely N-dealkylation sites (tertiary alicyclic amines) is 1. The Balaban J connectivity index is 2.05. The van der Waals surface area contributed by atoms with Gasteiger partial charge in [0.2, 0.25) is 0 Å². The SMILES string of the molecule is NC1(c2cccnc2)CCN(C(=O)C(F)(F)F)CC1. The van der Waals surface area contributed by atoms with Crippen LogP contribution in [0.5, 0.6) is 0 Å². The molecule has 1 fully saturated rings. The van der Waals surface area contributed by atoms with Gasteiger partial charge in [0.1, 0.15) is 0 Å². The molecule has 2 N–H and O–H groups in total. The smallest absolute Gasteiger partial charge is 0.335 e. The Morgan fingerprint density at radius 1 is 1.37 bits per heavy atom. The predicted octanol–water partition coefficient (Wildman–Crippen LogP) is 1.42. The van der Waals surface area contributed by atoms with Crippen molar-refractivity contribution >= 4 is 5.91 Å². The van der Waals surface area contributed by atoms with E-state index in [2.05, 4.69) is 4.98 Å². The van der Waals surface area contributed by atoms with E-state index in [0.717, 1.165) is 10.5 Å². The zero-order chi connectivity index (χ0) is 14.1. The van der Waals surface area contributed by atoms with E-state index in [0.29, 0.717) is 12.8 Å². The first-order chi connectivity index (χ1) is 8.83. The molecule has 0 aromatic carbocycles. The third-order valence-electron chi connectivity index (χ3n) is 3.42. The van der Waals surface area contributed by atoms with Gasteiger partial charge in [0.15, 0.2) is 0 Å². The van der Waals surface area contributed by atoms with Crippen molar-refractivity contribution in [2.75, 3.05) is 13.1 Å². The number of pyridine rings is 1. The molecule has 19 heavy (non-hydrogen) atoms. The van der Waals surface area contributed by atoms with Gasteiger partial charge in [0, 0.05) is 31.0 Å². The fraction of sp³-hybridized carbons (Fsp3) is 0.500. The van der Waals surface area contributed by atoms with Gasteiger partial charge in [-0.05, 0) is 24.5 Å². The van der Waals surface area contributed by atoms with Crippen LogP contribution in [-0.2, 0) is 10.3 Å². The first kappa shape index (κ1) is 13.8. The molecule has 2 rings (SSSR count). The quantitative estimate of drug-likeness (QED) is 0.842. The maximum atomic E-state index is 12.3. The molecule has 1 aliphatic heterocycles. The molecule has 0 bridgehead atoms. The Morgan fingerprint density at radius 3 is 2.47 bits per heavy atom. The highest BCUT2D eigenvalue weighted by Gasteiger charge is 2.45. The summed E-state index contributed by atoms with van der Waals surface area (Å²) in [4.78, 5) is 15.9. The molecule has 104 valence electrons. The fourth-order valence-corrected chi connectivity index (χ4v) is 2.23. The number of amides is 1. The highest BCUT2D eigenvalue weighted by Crippen LogP contribution is 2.31. The van der Waals surface area contributed by atoms with Crippen molar-refractivity contribution in [3.63, 3.8) is 0 Å². The fourth-order valence-electron chi connectivity index (χ4n) is 2.23. The predicted molar refractivity (Wildman–Crippen MR) is 62.0 cm³/mol. The summed E-state index contributed by atoms with van der Waals surface area (Å²) in [7, 11) is 0. The van der Waals surface area contributed by atoms with Crippen molar-refractivity contribution in [3.05, 3.63) is 30.1 Å².